The summed E-state index contributed by atoms with van der Waals surface area (Å²) >= 11 is 3.55. The van der Waals surface area contributed by atoms with Gasteiger partial charge < -0.3 is 0 Å². The average Bonchev–Trinajstić information content (AvgIpc) is 2.40. The predicted octanol–water partition coefficient (Wildman–Crippen LogP) is 6.91. The van der Waals surface area contributed by atoms with Crippen LogP contribution >= 0.6 is 15.9 Å². The van der Waals surface area contributed by atoms with Gasteiger partial charge in [0.2, 0.25) is 0 Å². The average molecular weight is 353 g/mol. The Morgan fingerprint density at radius 1 is 1.33 bits per heavy atom. The molecule has 21 heavy (non-hydrogen) atoms. The molecule has 120 valence electrons. The van der Waals surface area contributed by atoms with Crippen LogP contribution in [-0.2, 0) is 0 Å². The summed E-state index contributed by atoms with van der Waals surface area (Å²) in [6, 6.07) is 0. The molecular formula is C20H33Br. The molecule has 2 aliphatic carbocycles. The summed E-state index contributed by atoms with van der Waals surface area (Å²) in [7, 11) is 0. The Morgan fingerprint density at radius 3 is 2.71 bits per heavy atom. The van der Waals surface area contributed by atoms with Crippen LogP contribution in [0.4, 0.5) is 0 Å². The molecule has 3 atom stereocenters. The van der Waals surface area contributed by atoms with Gasteiger partial charge in [0.25, 0.3) is 0 Å². The van der Waals surface area contributed by atoms with Gasteiger partial charge in [0.1, 0.15) is 0 Å². The van der Waals surface area contributed by atoms with Gasteiger partial charge in [0.15, 0.2) is 0 Å². The maximum atomic E-state index is 3.55. The Hall–Kier alpha value is -0.0400. The molecule has 0 N–H and O–H groups in total. The molecular weight excluding hydrogens is 320 g/mol. The number of fused-ring (bicyclic) bond motifs is 1. The van der Waals surface area contributed by atoms with Crippen LogP contribution in [0.25, 0.3) is 0 Å². The molecule has 0 bridgehead atoms. The smallest absolute Gasteiger partial charge is 0.0239 e. The summed E-state index contributed by atoms with van der Waals surface area (Å²) in [5, 5.41) is 1.01. The SMILES string of the molecule is CC1=CC[C@H]2C(C)(C)CCC[C@]2(C)[C@H]1CC/C=C(\C)CBr. The minimum absolute atomic E-state index is 0.518. The van der Waals surface area contributed by atoms with E-state index in [-0.39, 0.29) is 0 Å². The maximum Gasteiger partial charge on any atom is 0.0239 e. The fourth-order valence-electron chi connectivity index (χ4n) is 5.25. The monoisotopic (exact) mass is 352 g/mol. The summed E-state index contributed by atoms with van der Waals surface area (Å²) in [6.07, 6.45) is 13.1. The molecule has 0 aliphatic heterocycles. The van der Waals surface area contributed by atoms with E-state index in [9.17, 15) is 0 Å². The topological polar surface area (TPSA) is 0 Å². The number of hydrogen-bond donors (Lipinski definition) is 0. The molecule has 1 saturated carbocycles. The van der Waals surface area contributed by atoms with E-state index in [4.69, 9.17) is 0 Å². The van der Waals surface area contributed by atoms with Crippen LogP contribution in [0.5, 0.6) is 0 Å². The molecule has 0 heterocycles. The van der Waals surface area contributed by atoms with Gasteiger partial charge in [0, 0.05) is 5.33 Å². The molecule has 2 aliphatic rings. The first kappa shape index (κ1) is 17.3. The van der Waals surface area contributed by atoms with Crippen LogP contribution in [0.3, 0.4) is 0 Å². The fourth-order valence-corrected chi connectivity index (χ4v) is 5.47. The molecule has 0 spiro atoms. The molecule has 0 aromatic heterocycles. The lowest BCUT2D eigenvalue weighted by Crippen LogP contribution is -2.48. The lowest BCUT2D eigenvalue weighted by atomic mass is 9.48. The van der Waals surface area contributed by atoms with E-state index in [0.717, 1.165) is 17.2 Å². The van der Waals surface area contributed by atoms with Gasteiger partial charge in [-0.15, -0.1) is 0 Å². The first-order valence-electron chi connectivity index (χ1n) is 8.69. The van der Waals surface area contributed by atoms with E-state index >= 15 is 0 Å². The highest BCUT2D eigenvalue weighted by Gasteiger charge is 2.51. The minimum Gasteiger partial charge on any atom is -0.0880 e. The second-order valence-corrected chi connectivity index (χ2v) is 8.96. The van der Waals surface area contributed by atoms with Crippen LogP contribution in [0.15, 0.2) is 23.3 Å². The molecule has 0 unspecified atom stereocenters. The maximum absolute atomic E-state index is 3.55. The summed E-state index contributed by atoms with van der Waals surface area (Å²) in [4.78, 5) is 0. The third kappa shape index (κ3) is 3.49. The van der Waals surface area contributed by atoms with Crippen molar-refractivity contribution in [1.82, 2.24) is 0 Å². The number of allylic oxidation sites excluding steroid dienone is 4. The zero-order valence-corrected chi connectivity index (χ0v) is 16.2. The lowest BCUT2D eigenvalue weighted by Gasteiger charge is -2.57. The molecule has 1 fully saturated rings. The summed E-state index contributed by atoms with van der Waals surface area (Å²) < 4.78 is 0. The van der Waals surface area contributed by atoms with Crippen molar-refractivity contribution in [3.63, 3.8) is 0 Å². The van der Waals surface area contributed by atoms with Crippen LogP contribution in [0.1, 0.15) is 73.1 Å². The second kappa shape index (κ2) is 6.60. The standard InChI is InChI=1S/C20H33Br/c1-15(14-21)8-6-9-17-16(2)10-11-18-19(3,4)12-7-13-20(17,18)5/h8,10,17-18H,6-7,9,11-14H2,1-5H3/b15-8+/t17-,18-,20+/m0/s1. The Kier molecular flexibility index (Phi) is 5.45. The molecule has 0 saturated heterocycles. The van der Waals surface area contributed by atoms with Crippen LogP contribution in [0.2, 0.25) is 0 Å². The van der Waals surface area contributed by atoms with Gasteiger partial charge in [-0.05, 0) is 68.6 Å². The third-order valence-corrected chi connectivity index (χ3v) is 7.34. The number of rotatable bonds is 4. The van der Waals surface area contributed by atoms with Gasteiger partial charge in [0.05, 0.1) is 0 Å². The van der Waals surface area contributed by atoms with Gasteiger partial charge in [-0.25, -0.2) is 0 Å². The Labute approximate surface area is 140 Å². The zero-order chi connectivity index (χ0) is 15.7. The molecule has 0 aromatic carbocycles. The van der Waals surface area contributed by atoms with Crippen molar-refractivity contribution < 1.29 is 0 Å². The fraction of sp³-hybridized carbons (Fsp3) is 0.800. The molecule has 0 nitrogen and oxygen atoms in total. The van der Waals surface area contributed by atoms with Crippen molar-refractivity contribution >= 4 is 15.9 Å². The van der Waals surface area contributed by atoms with Crippen LogP contribution < -0.4 is 0 Å². The number of halogens is 1. The molecule has 2 rings (SSSR count). The van der Waals surface area contributed by atoms with Crippen molar-refractivity contribution in [2.24, 2.45) is 22.7 Å². The Balaban J connectivity index is 2.18. The first-order chi connectivity index (χ1) is 9.81. The molecule has 0 amide bonds. The number of hydrogen-bond acceptors (Lipinski definition) is 0. The van der Waals surface area contributed by atoms with Crippen LogP contribution in [0, 0.1) is 22.7 Å². The van der Waals surface area contributed by atoms with Crippen molar-refractivity contribution in [2.75, 3.05) is 5.33 Å². The van der Waals surface area contributed by atoms with E-state index < -0.39 is 0 Å². The first-order valence-corrected chi connectivity index (χ1v) is 9.81. The van der Waals surface area contributed by atoms with E-state index in [0.29, 0.717) is 10.8 Å². The normalized spacial score (nSPS) is 36.1. The van der Waals surface area contributed by atoms with E-state index in [1.807, 2.05) is 0 Å². The van der Waals surface area contributed by atoms with Gasteiger partial charge in [-0.3, -0.25) is 0 Å². The molecule has 1 heteroatoms. The van der Waals surface area contributed by atoms with Gasteiger partial charge >= 0.3 is 0 Å². The lowest BCUT2D eigenvalue weighted by molar-refractivity contribution is -0.0388. The third-order valence-electron chi connectivity index (χ3n) is 6.46. The van der Waals surface area contributed by atoms with Crippen molar-refractivity contribution in [2.45, 2.75) is 73.1 Å². The second-order valence-electron chi connectivity index (χ2n) is 8.40. The summed E-state index contributed by atoms with van der Waals surface area (Å²) in [5.41, 5.74) is 4.18. The van der Waals surface area contributed by atoms with E-state index in [2.05, 4.69) is 62.7 Å². The highest BCUT2D eigenvalue weighted by molar-refractivity contribution is 9.09. The van der Waals surface area contributed by atoms with Crippen molar-refractivity contribution in [1.29, 1.82) is 0 Å². The Bertz CT molecular complexity index is 429. The summed E-state index contributed by atoms with van der Waals surface area (Å²) in [5.74, 6) is 1.66. The molecule has 0 aromatic rings. The van der Waals surface area contributed by atoms with Crippen LogP contribution in [-0.4, -0.2) is 5.33 Å². The summed E-state index contributed by atoms with van der Waals surface area (Å²) in [6.45, 7) is 12.2. The van der Waals surface area contributed by atoms with Gasteiger partial charge in [-0.1, -0.05) is 66.4 Å². The minimum atomic E-state index is 0.518. The zero-order valence-electron chi connectivity index (χ0n) is 14.6. The van der Waals surface area contributed by atoms with Crippen molar-refractivity contribution in [3.05, 3.63) is 23.3 Å². The number of alkyl halides is 1. The quantitative estimate of drug-likeness (QED) is 0.381. The predicted molar refractivity (Wildman–Crippen MR) is 97.9 cm³/mol. The van der Waals surface area contributed by atoms with E-state index in [1.165, 1.54) is 44.1 Å². The van der Waals surface area contributed by atoms with E-state index in [1.54, 1.807) is 5.57 Å². The largest absolute Gasteiger partial charge is 0.0880 e. The van der Waals surface area contributed by atoms with Crippen molar-refractivity contribution in [3.8, 4) is 0 Å². The van der Waals surface area contributed by atoms with Gasteiger partial charge in [-0.2, -0.15) is 0 Å². The molecule has 0 radical (unpaired) electrons. The highest BCUT2D eigenvalue weighted by atomic mass is 79.9. The Morgan fingerprint density at radius 2 is 2.05 bits per heavy atom. The highest BCUT2D eigenvalue weighted by Crippen LogP contribution is 2.60.